The molecule has 1 saturated carbocycles. The van der Waals surface area contributed by atoms with Gasteiger partial charge in [-0.3, -0.25) is 0 Å². The van der Waals surface area contributed by atoms with E-state index in [1.54, 1.807) is 0 Å². The quantitative estimate of drug-likeness (QED) is 0.552. The molecule has 0 saturated heterocycles. The smallest absolute Gasteiger partial charge is 0.0606 e. The van der Waals surface area contributed by atoms with Crippen molar-refractivity contribution in [3.8, 4) is 0 Å². The Labute approximate surface area is 57.4 Å². The monoisotopic (exact) mass is 127 g/mol. The van der Waals surface area contributed by atoms with Crippen LogP contribution in [0.25, 0.3) is 0 Å². The van der Waals surface area contributed by atoms with Gasteiger partial charge in [-0.15, -0.1) is 0 Å². The first kappa shape index (κ1) is 7.07. The number of hydrogen-bond acceptors (Lipinski definition) is 1. The van der Waals surface area contributed by atoms with Crippen molar-refractivity contribution in [1.82, 2.24) is 0 Å². The van der Waals surface area contributed by atoms with E-state index < -0.39 is 0 Å². The van der Waals surface area contributed by atoms with Crippen LogP contribution in [0.5, 0.6) is 0 Å². The van der Waals surface area contributed by atoms with Gasteiger partial charge in [0.25, 0.3) is 0 Å². The zero-order valence-electron chi connectivity index (χ0n) is 6.10. The largest absolute Gasteiger partial charge is 0.378 e. The van der Waals surface area contributed by atoms with Crippen molar-refractivity contribution in [3.05, 3.63) is 6.42 Å². The maximum absolute atomic E-state index is 5.43. The van der Waals surface area contributed by atoms with Crippen LogP contribution in [-0.2, 0) is 4.74 Å². The highest BCUT2D eigenvalue weighted by molar-refractivity contribution is 4.81. The molecule has 1 atom stereocenters. The summed E-state index contributed by atoms with van der Waals surface area (Å²) in [6.45, 7) is 2.92. The highest BCUT2D eigenvalue weighted by atomic mass is 16.5. The van der Waals surface area contributed by atoms with E-state index in [-0.39, 0.29) is 0 Å². The maximum Gasteiger partial charge on any atom is 0.0606 e. The van der Waals surface area contributed by atoms with Crippen molar-refractivity contribution in [1.29, 1.82) is 0 Å². The van der Waals surface area contributed by atoms with Crippen LogP contribution in [0.2, 0.25) is 0 Å². The Balaban J connectivity index is 2.08. The SMILES string of the molecule is CCOC1[CH]CCCC1. The molecule has 1 heteroatoms. The molecule has 53 valence electrons. The van der Waals surface area contributed by atoms with Gasteiger partial charge in [0, 0.05) is 6.61 Å². The summed E-state index contributed by atoms with van der Waals surface area (Å²) in [4.78, 5) is 0. The Morgan fingerprint density at radius 3 is 3.00 bits per heavy atom. The van der Waals surface area contributed by atoms with E-state index in [4.69, 9.17) is 4.74 Å². The van der Waals surface area contributed by atoms with Crippen LogP contribution >= 0.6 is 0 Å². The van der Waals surface area contributed by atoms with Crippen molar-refractivity contribution in [2.24, 2.45) is 0 Å². The summed E-state index contributed by atoms with van der Waals surface area (Å²) in [6.07, 6.45) is 7.99. The standard InChI is InChI=1S/C8H15O/c1-2-9-8-6-4-3-5-7-8/h6,8H,2-5,7H2,1H3. The molecule has 0 bridgehead atoms. The maximum atomic E-state index is 5.43. The van der Waals surface area contributed by atoms with Gasteiger partial charge in [0.1, 0.15) is 0 Å². The lowest BCUT2D eigenvalue weighted by atomic mass is 9.98. The molecule has 0 aromatic rings. The van der Waals surface area contributed by atoms with Crippen LogP contribution in [0, 0.1) is 6.42 Å². The number of hydrogen-bond donors (Lipinski definition) is 0. The minimum Gasteiger partial charge on any atom is -0.378 e. The van der Waals surface area contributed by atoms with Crippen LogP contribution in [0.1, 0.15) is 32.6 Å². The first-order valence-corrected chi connectivity index (χ1v) is 3.88. The summed E-state index contributed by atoms with van der Waals surface area (Å²) < 4.78 is 5.43. The third-order valence-electron chi connectivity index (χ3n) is 1.75. The van der Waals surface area contributed by atoms with Gasteiger partial charge in [-0.1, -0.05) is 12.8 Å². The number of ether oxygens (including phenoxy) is 1. The topological polar surface area (TPSA) is 9.23 Å². The molecule has 0 aromatic carbocycles. The molecule has 9 heavy (non-hydrogen) atoms. The molecule has 0 amide bonds. The summed E-state index contributed by atoms with van der Waals surface area (Å²) in [6, 6.07) is 0. The van der Waals surface area contributed by atoms with E-state index >= 15 is 0 Å². The predicted octanol–water partition coefficient (Wildman–Crippen LogP) is 2.17. The van der Waals surface area contributed by atoms with Gasteiger partial charge in [-0.05, 0) is 26.2 Å². The lowest BCUT2D eigenvalue weighted by Crippen LogP contribution is -2.16. The van der Waals surface area contributed by atoms with Crippen LogP contribution < -0.4 is 0 Å². The fraction of sp³-hybridized carbons (Fsp3) is 0.875. The fourth-order valence-corrected chi connectivity index (χ4v) is 1.28. The Hall–Kier alpha value is -0.0400. The molecule has 1 radical (unpaired) electrons. The molecule has 1 aliphatic carbocycles. The third-order valence-corrected chi connectivity index (χ3v) is 1.75. The third kappa shape index (κ3) is 2.35. The van der Waals surface area contributed by atoms with Crippen molar-refractivity contribution in [2.45, 2.75) is 38.7 Å². The van der Waals surface area contributed by atoms with Gasteiger partial charge in [0.2, 0.25) is 0 Å². The van der Waals surface area contributed by atoms with E-state index in [2.05, 4.69) is 13.3 Å². The lowest BCUT2D eigenvalue weighted by Gasteiger charge is -2.20. The van der Waals surface area contributed by atoms with E-state index in [1.807, 2.05) is 0 Å². The summed E-state index contributed by atoms with van der Waals surface area (Å²) >= 11 is 0. The van der Waals surface area contributed by atoms with Gasteiger partial charge in [-0.25, -0.2) is 0 Å². The van der Waals surface area contributed by atoms with Crippen molar-refractivity contribution < 1.29 is 4.74 Å². The van der Waals surface area contributed by atoms with Crippen LogP contribution in [0.4, 0.5) is 0 Å². The van der Waals surface area contributed by atoms with Gasteiger partial charge < -0.3 is 4.74 Å². The molecular formula is C8H15O. The molecular weight excluding hydrogens is 112 g/mol. The van der Waals surface area contributed by atoms with Gasteiger partial charge in [0.15, 0.2) is 0 Å². The van der Waals surface area contributed by atoms with Crippen molar-refractivity contribution in [2.75, 3.05) is 6.61 Å². The Morgan fingerprint density at radius 1 is 1.56 bits per heavy atom. The van der Waals surface area contributed by atoms with E-state index in [1.165, 1.54) is 25.7 Å². The predicted molar refractivity (Wildman–Crippen MR) is 38.2 cm³/mol. The second-order valence-electron chi connectivity index (χ2n) is 2.51. The minimum atomic E-state index is 0.476. The van der Waals surface area contributed by atoms with E-state index in [0.717, 1.165) is 6.61 Å². The molecule has 1 unspecified atom stereocenters. The highest BCUT2D eigenvalue weighted by Crippen LogP contribution is 2.18. The molecule has 1 rings (SSSR count). The fourth-order valence-electron chi connectivity index (χ4n) is 1.28. The normalized spacial score (nSPS) is 22.3. The zero-order valence-corrected chi connectivity index (χ0v) is 6.10. The average molecular weight is 127 g/mol. The second kappa shape index (κ2) is 3.89. The Morgan fingerprint density at radius 2 is 2.44 bits per heavy atom. The van der Waals surface area contributed by atoms with Crippen molar-refractivity contribution in [3.63, 3.8) is 0 Å². The van der Waals surface area contributed by atoms with Crippen LogP contribution in [0.3, 0.4) is 0 Å². The Bertz CT molecular complexity index is 62.2. The van der Waals surface area contributed by atoms with E-state index in [9.17, 15) is 0 Å². The molecule has 0 heterocycles. The van der Waals surface area contributed by atoms with Gasteiger partial charge in [-0.2, -0.15) is 0 Å². The number of rotatable bonds is 2. The second-order valence-corrected chi connectivity index (χ2v) is 2.51. The average Bonchev–Trinajstić information content (AvgIpc) is 1.91. The molecule has 1 fully saturated rings. The molecule has 0 spiro atoms. The summed E-state index contributed by atoms with van der Waals surface area (Å²) in [5, 5.41) is 0. The molecule has 1 aliphatic rings. The molecule has 0 aromatic heterocycles. The van der Waals surface area contributed by atoms with Crippen LogP contribution in [0.15, 0.2) is 0 Å². The van der Waals surface area contributed by atoms with Gasteiger partial charge >= 0.3 is 0 Å². The van der Waals surface area contributed by atoms with Gasteiger partial charge in [0.05, 0.1) is 6.10 Å². The summed E-state index contributed by atoms with van der Waals surface area (Å²) in [7, 11) is 0. The van der Waals surface area contributed by atoms with Crippen LogP contribution in [-0.4, -0.2) is 12.7 Å². The lowest BCUT2D eigenvalue weighted by molar-refractivity contribution is 0.0672. The molecule has 0 N–H and O–H groups in total. The van der Waals surface area contributed by atoms with E-state index in [0.29, 0.717) is 6.10 Å². The van der Waals surface area contributed by atoms with Crippen molar-refractivity contribution >= 4 is 0 Å². The molecule has 0 aliphatic heterocycles. The zero-order chi connectivity index (χ0) is 6.53. The Kier molecular flexibility index (Phi) is 3.05. The summed E-state index contributed by atoms with van der Waals surface area (Å²) in [5.74, 6) is 0. The first-order chi connectivity index (χ1) is 4.43. The minimum absolute atomic E-state index is 0.476. The highest BCUT2D eigenvalue weighted by Gasteiger charge is 2.12. The summed E-state index contributed by atoms with van der Waals surface area (Å²) in [5.41, 5.74) is 0. The molecule has 1 nitrogen and oxygen atoms in total. The first-order valence-electron chi connectivity index (χ1n) is 3.88.